The fourth-order valence-corrected chi connectivity index (χ4v) is 2.58. The molecule has 1 aromatic heterocycles. The Morgan fingerprint density at radius 2 is 1.86 bits per heavy atom. The lowest BCUT2D eigenvalue weighted by Crippen LogP contribution is -2.28. The number of ether oxygens (including phenoxy) is 1. The van der Waals surface area contributed by atoms with Crippen LogP contribution in [0.25, 0.3) is 0 Å². The Bertz CT molecular complexity index is 688. The van der Waals surface area contributed by atoms with Crippen molar-refractivity contribution < 1.29 is 19.4 Å². The zero-order valence-electron chi connectivity index (χ0n) is 12.5. The van der Waals surface area contributed by atoms with Gasteiger partial charge in [-0.25, -0.2) is 0 Å². The van der Waals surface area contributed by atoms with Gasteiger partial charge in [-0.05, 0) is 31.5 Å². The van der Waals surface area contributed by atoms with Gasteiger partial charge in [0.25, 0.3) is 5.91 Å². The summed E-state index contributed by atoms with van der Waals surface area (Å²) in [5.41, 5.74) is 0.321. The number of hydrogen-bond donors (Lipinski definition) is 2. The summed E-state index contributed by atoms with van der Waals surface area (Å²) in [6.07, 6.45) is 0. The number of anilines is 1. The van der Waals surface area contributed by atoms with E-state index in [9.17, 15) is 14.7 Å². The van der Waals surface area contributed by atoms with Crippen molar-refractivity contribution in [2.75, 3.05) is 12.4 Å². The van der Waals surface area contributed by atoms with Crippen molar-refractivity contribution in [1.29, 1.82) is 0 Å². The van der Waals surface area contributed by atoms with Gasteiger partial charge >= 0.3 is 5.97 Å². The number of carbonyl (C=O) groups is 2. The van der Waals surface area contributed by atoms with Crippen molar-refractivity contribution in [3.05, 3.63) is 46.2 Å². The summed E-state index contributed by atoms with van der Waals surface area (Å²) in [4.78, 5) is 23.9. The lowest BCUT2D eigenvalue weighted by molar-refractivity contribution is -0.142. The monoisotopic (exact) mass is 319 g/mol. The zero-order chi connectivity index (χ0) is 16.3. The molecule has 0 bridgehead atoms. The van der Waals surface area contributed by atoms with E-state index in [1.165, 1.54) is 11.3 Å². The summed E-state index contributed by atoms with van der Waals surface area (Å²) in [5.74, 6) is -0.470. The van der Waals surface area contributed by atoms with Gasteiger partial charge in [-0.1, -0.05) is 12.1 Å². The van der Waals surface area contributed by atoms with E-state index < -0.39 is 11.4 Å². The number of carbonyl (C=O) groups excluding carboxylic acids is 1. The molecule has 2 rings (SSSR count). The Morgan fingerprint density at radius 1 is 1.23 bits per heavy atom. The number of carboxylic acids is 1. The molecule has 0 radical (unpaired) electrons. The highest BCUT2D eigenvalue weighted by Crippen LogP contribution is 2.26. The highest BCUT2D eigenvalue weighted by molar-refractivity contribution is 7.12. The van der Waals surface area contributed by atoms with Gasteiger partial charge in [-0.2, -0.15) is 0 Å². The molecule has 0 spiro atoms. The minimum Gasteiger partial charge on any atom is -0.496 e. The number of benzene rings is 1. The van der Waals surface area contributed by atoms with Crippen molar-refractivity contribution in [3.8, 4) is 5.75 Å². The summed E-state index contributed by atoms with van der Waals surface area (Å²) < 4.78 is 5.05. The largest absolute Gasteiger partial charge is 0.496 e. The number of carboxylic acid groups (broad SMARTS) is 1. The topological polar surface area (TPSA) is 75.6 Å². The molecule has 1 aromatic carbocycles. The van der Waals surface area contributed by atoms with Gasteiger partial charge < -0.3 is 15.2 Å². The van der Waals surface area contributed by atoms with Crippen LogP contribution in [0, 0.1) is 0 Å². The molecule has 5 nitrogen and oxygen atoms in total. The number of hydrogen-bond acceptors (Lipinski definition) is 4. The van der Waals surface area contributed by atoms with Crippen LogP contribution in [0.3, 0.4) is 0 Å². The van der Waals surface area contributed by atoms with Crippen LogP contribution in [0.15, 0.2) is 35.7 Å². The van der Waals surface area contributed by atoms with Crippen molar-refractivity contribution in [1.82, 2.24) is 0 Å². The van der Waals surface area contributed by atoms with Crippen LogP contribution < -0.4 is 10.1 Å². The first-order valence-corrected chi connectivity index (χ1v) is 7.50. The molecule has 6 heteroatoms. The summed E-state index contributed by atoms with van der Waals surface area (Å²) >= 11 is 1.30. The van der Waals surface area contributed by atoms with E-state index in [2.05, 4.69) is 5.32 Å². The van der Waals surface area contributed by atoms with Gasteiger partial charge in [0.2, 0.25) is 0 Å². The Balaban J connectivity index is 2.11. The Hall–Kier alpha value is -2.34. The molecular weight excluding hydrogens is 302 g/mol. The highest BCUT2D eigenvalue weighted by Gasteiger charge is 2.29. The smallest absolute Gasteiger partial charge is 0.313 e. The van der Waals surface area contributed by atoms with Crippen molar-refractivity contribution >= 4 is 28.9 Å². The van der Waals surface area contributed by atoms with Gasteiger partial charge in [0.15, 0.2) is 0 Å². The lowest BCUT2D eigenvalue weighted by atomic mass is 9.85. The van der Waals surface area contributed by atoms with Crippen LogP contribution in [-0.4, -0.2) is 24.1 Å². The third-order valence-electron chi connectivity index (χ3n) is 3.43. The highest BCUT2D eigenvalue weighted by atomic mass is 32.1. The number of aliphatic carboxylic acids is 1. The van der Waals surface area contributed by atoms with Crippen LogP contribution in [0.5, 0.6) is 5.75 Å². The van der Waals surface area contributed by atoms with E-state index in [4.69, 9.17) is 4.74 Å². The lowest BCUT2D eigenvalue weighted by Gasteiger charge is -2.19. The Morgan fingerprint density at radius 3 is 2.36 bits per heavy atom. The minimum atomic E-state index is -0.969. The molecule has 0 atom stereocenters. The fourth-order valence-electron chi connectivity index (χ4n) is 1.83. The second-order valence-electron chi connectivity index (χ2n) is 5.31. The predicted molar refractivity (Wildman–Crippen MR) is 85.9 cm³/mol. The number of methoxy groups -OCH3 is 1. The average molecular weight is 319 g/mol. The summed E-state index contributed by atoms with van der Waals surface area (Å²) in [7, 11) is 1.55. The molecular formula is C16H17NO4S. The van der Waals surface area contributed by atoms with Gasteiger partial charge in [0, 0.05) is 17.1 Å². The molecule has 22 heavy (non-hydrogen) atoms. The molecule has 2 aromatic rings. The third-order valence-corrected chi connectivity index (χ3v) is 4.34. The molecule has 0 fully saturated rings. The summed E-state index contributed by atoms with van der Waals surface area (Å²) in [5, 5.41) is 13.7. The second-order valence-corrected chi connectivity index (χ2v) is 6.22. The van der Waals surface area contributed by atoms with Gasteiger partial charge in [-0.15, -0.1) is 11.3 Å². The molecule has 0 saturated heterocycles. The van der Waals surface area contributed by atoms with Crippen molar-refractivity contribution in [2.24, 2.45) is 0 Å². The van der Waals surface area contributed by atoms with Gasteiger partial charge in [0.1, 0.15) is 5.75 Å². The number of thiophene rings is 1. The van der Waals surface area contributed by atoms with E-state index >= 15 is 0 Å². The molecule has 0 saturated carbocycles. The van der Waals surface area contributed by atoms with E-state index in [0.29, 0.717) is 21.9 Å². The maximum atomic E-state index is 12.1. The molecule has 0 aliphatic carbocycles. The predicted octanol–water partition coefficient (Wildman–Crippen LogP) is 3.37. The van der Waals surface area contributed by atoms with E-state index in [0.717, 1.165) is 0 Å². The summed E-state index contributed by atoms with van der Waals surface area (Å²) in [6.45, 7) is 3.28. The molecule has 0 aliphatic heterocycles. The Kier molecular flexibility index (Phi) is 4.51. The molecule has 0 unspecified atom stereocenters. The van der Waals surface area contributed by atoms with Crippen LogP contribution in [0.1, 0.15) is 29.1 Å². The summed E-state index contributed by atoms with van der Waals surface area (Å²) in [6, 6.07) is 8.48. The van der Waals surface area contributed by atoms with E-state index in [-0.39, 0.29) is 5.91 Å². The van der Waals surface area contributed by atoms with E-state index in [1.807, 2.05) is 0 Å². The second kappa shape index (κ2) is 6.19. The quantitative estimate of drug-likeness (QED) is 0.886. The average Bonchev–Trinajstić information content (AvgIpc) is 2.96. The van der Waals surface area contributed by atoms with Crippen LogP contribution >= 0.6 is 11.3 Å². The minimum absolute atomic E-state index is 0.224. The molecule has 0 aliphatic rings. The van der Waals surface area contributed by atoms with Crippen LogP contribution in [0.2, 0.25) is 0 Å². The van der Waals surface area contributed by atoms with Crippen molar-refractivity contribution in [2.45, 2.75) is 19.3 Å². The first-order valence-electron chi connectivity index (χ1n) is 6.62. The number of rotatable bonds is 5. The molecule has 116 valence electrons. The van der Waals surface area contributed by atoms with Crippen LogP contribution in [-0.2, 0) is 10.2 Å². The normalized spacial score (nSPS) is 11.0. The molecule has 1 heterocycles. The maximum absolute atomic E-state index is 12.1. The molecule has 2 N–H and O–H groups in total. The third kappa shape index (κ3) is 3.28. The number of nitrogens with one attached hydrogen (secondary N) is 1. The fraction of sp³-hybridized carbons (Fsp3) is 0.250. The van der Waals surface area contributed by atoms with E-state index in [1.54, 1.807) is 56.7 Å². The first kappa shape index (κ1) is 16.0. The van der Waals surface area contributed by atoms with Crippen molar-refractivity contribution in [3.63, 3.8) is 0 Å². The number of amides is 1. The van der Waals surface area contributed by atoms with Gasteiger partial charge in [-0.3, -0.25) is 9.59 Å². The SMILES string of the molecule is COc1csc(C(=O)Nc2ccc(C(C)(C)C(=O)O)cc2)c1. The van der Waals surface area contributed by atoms with Gasteiger partial charge in [0.05, 0.1) is 17.4 Å². The Labute approximate surface area is 132 Å². The maximum Gasteiger partial charge on any atom is 0.313 e. The first-order chi connectivity index (χ1) is 10.3. The van der Waals surface area contributed by atoms with Crippen LogP contribution in [0.4, 0.5) is 5.69 Å². The molecule has 1 amide bonds. The standard InChI is InChI=1S/C16H17NO4S/c1-16(2,15(19)20)10-4-6-11(7-5-10)17-14(18)13-8-12(21-3)9-22-13/h4-9H,1-3H3,(H,17,18)(H,19,20). The zero-order valence-corrected chi connectivity index (χ0v) is 13.4.